The average Bonchev–Trinajstić information content (AvgIpc) is 2.05. The van der Waals surface area contributed by atoms with E-state index in [4.69, 9.17) is 0 Å². The topological polar surface area (TPSA) is 0 Å². The molecule has 0 bridgehead atoms. The molecule has 0 heterocycles. The highest BCUT2D eigenvalue weighted by Gasteiger charge is 1.85. The molecule has 0 amide bonds. The average molecular weight is 162 g/mol. The summed E-state index contributed by atoms with van der Waals surface area (Å²) in [7, 11) is 0. The van der Waals surface area contributed by atoms with Gasteiger partial charge < -0.3 is 0 Å². The minimum Gasteiger partial charge on any atom is -0.0882 e. The number of rotatable bonds is 0. The van der Waals surface area contributed by atoms with Crippen molar-refractivity contribution < 1.29 is 0 Å². The summed E-state index contributed by atoms with van der Waals surface area (Å²) >= 11 is 0. The van der Waals surface area contributed by atoms with Crippen molar-refractivity contribution in [3.05, 3.63) is 36.5 Å². The molecular formula is C12H18. The number of hydrogen-bond acceptors (Lipinski definition) is 0. The Morgan fingerprint density at radius 3 is 2.25 bits per heavy atom. The van der Waals surface area contributed by atoms with Crippen molar-refractivity contribution in [1.29, 1.82) is 0 Å². The van der Waals surface area contributed by atoms with Crippen molar-refractivity contribution in [2.45, 2.75) is 38.5 Å². The highest BCUT2D eigenvalue weighted by atomic mass is 13.9. The van der Waals surface area contributed by atoms with Gasteiger partial charge in [-0.2, -0.15) is 0 Å². The Kier molecular flexibility index (Phi) is 5.35. The van der Waals surface area contributed by atoms with Gasteiger partial charge in [0.05, 0.1) is 0 Å². The third-order valence-corrected chi connectivity index (χ3v) is 2.06. The van der Waals surface area contributed by atoms with E-state index in [0.717, 1.165) is 6.42 Å². The molecule has 0 unspecified atom stereocenters. The third kappa shape index (κ3) is 4.95. The Morgan fingerprint density at radius 1 is 0.583 bits per heavy atom. The summed E-state index contributed by atoms with van der Waals surface area (Å²) in [5.74, 6) is 0. The zero-order valence-corrected chi connectivity index (χ0v) is 7.71. The highest BCUT2D eigenvalue weighted by molar-refractivity contribution is 5.05. The molecule has 0 aromatic carbocycles. The molecule has 0 atom stereocenters. The van der Waals surface area contributed by atoms with Crippen LogP contribution in [0.25, 0.3) is 0 Å². The summed E-state index contributed by atoms with van der Waals surface area (Å²) in [6.45, 7) is 0. The van der Waals surface area contributed by atoms with E-state index < -0.39 is 0 Å². The van der Waals surface area contributed by atoms with E-state index >= 15 is 0 Å². The molecule has 0 aliphatic heterocycles. The molecule has 1 rings (SSSR count). The Balaban J connectivity index is 2.31. The Morgan fingerprint density at radius 2 is 1.33 bits per heavy atom. The Bertz CT molecular complexity index is 172. The van der Waals surface area contributed by atoms with Crippen molar-refractivity contribution in [2.24, 2.45) is 0 Å². The standard InChI is InChI=1S/C12H18/c1-2-4-6-8-10-12-11-9-7-5-3-1/h1-4,7,9H,5-6,8,10-12H2/b3-1+,4-2?,9-7-. The zero-order chi connectivity index (χ0) is 8.49. The smallest absolute Gasteiger partial charge is 0.0166 e. The van der Waals surface area contributed by atoms with Gasteiger partial charge in [-0.05, 0) is 32.1 Å². The fourth-order valence-electron chi connectivity index (χ4n) is 1.33. The molecule has 0 spiro atoms. The maximum absolute atomic E-state index is 2.30. The summed E-state index contributed by atoms with van der Waals surface area (Å²) in [4.78, 5) is 0. The summed E-state index contributed by atoms with van der Waals surface area (Å²) < 4.78 is 0. The van der Waals surface area contributed by atoms with Crippen LogP contribution in [0.15, 0.2) is 36.5 Å². The molecule has 0 radical (unpaired) electrons. The van der Waals surface area contributed by atoms with E-state index in [9.17, 15) is 0 Å². The van der Waals surface area contributed by atoms with Gasteiger partial charge in [0.2, 0.25) is 0 Å². The summed E-state index contributed by atoms with van der Waals surface area (Å²) in [5, 5.41) is 0. The number of allylic oxidation sites excluding steroid dienone is 6. The first-order chi connectivity index (χ1) is 6.00. The van der Waals surface area contributed by atoms with E-state index in [1.807, 2.05) is 0 Å². The van der Waals surface area contributed by atoms with Gasteiger partial charge in [0.1, 0.15) is 0 Å². The van der Waals surface area contributed by atoms with Crippen LogP contribution in [0.2, 0.25) is 0 Å². The molecule has 1 aliphatic carbocycles. The summed E-state index contributed by atoms with van der Waals surface area (Å²) in [6.07, 6.45) is 21.0. The quantitative estimate of drug-likeness (QED) is 0.472. The van der Waals surface area contributed by atoms with E-state index in [0.29, 0.717) is 0 Å². The molecule has 0 nitrogen and oxygen atoms in total. The van der Waals surface area contributed by atoms with Crippen molar-refractivity contribution in [2.75, 3.05) is 0 Å². The van der Waals surface area contributed by atoms with Crippen LogP contribution in [-0.2, 0) is 0 Å². The molecule has 1 aliphatic rings. The lowest BCUT2D eigenvalue weighted by molar-refractivity contribution is 0.695. The fourth-order valence-corrected chi connectivity index (χ4v) is 1.33. The van der Waals surface area contributed by atoms with Crippen LogP contribution in [0.4, 0.5) is 0 Å². The molecule has 0 aromatic heterocycles. The Labute approximate surface area is 75.7 Å². The Hall–Kier alpha value is -0.780. The van der Waals surface area contributed by atoms with Crippen LogP contribution in [-0.4, -0.2) is 0 Å². The second-order valence-electron chi connectivity index (χ2n) is 3.20. The van der Waals surface area contributed by atoms with Gasteiger partial charge in [-0.1, -0.05) is 42.9 Å². The van der Waals surface area contributed by atoms with Gasteiger partial charge in [0, 0.05) is 0 Å². The van der Waals surface area contributed by atoms with Crippen LogP contribution in [0.3, 0.4) is 0 Å². The van der Waals surface area contributed by atoms with Crippen LogP contribution in [0, 0.1) is 0 Å². The van der Waals surface area contributed by atoms with Gasteiger partial charge in [-0.3, -0.25) is 0 Å². The van der Waals surface area contributed by atoms with E-state index in [1.54, 1.807) is 0 Å². The number of hydrogen-bond donors (Lipinski definition) is 0. The van der Waals surface area contributed by atoms with Crippen LogP contribution >= 0.6 is 0 Å². The van der Waals surface area contributed by atoms with Crippen molar-refractivity contribution in [1.82, 2.24) is 0 Å². The van der Waals surface area contributed by atoms with Crippen LogP contribution in [0.1, 0.15) is 38.5 Å². The first-order valence-corrected chi connectivity index (χ1v) is 4.97. The molecule has 0 fully saturated rings. The minimum absolute atomic E-state index is 1.09. The minimum atomic E-state index is 1.09. The molecule has 0 saturated carbocycles. The van der Waals surface area contributed by atoms with E-state index in [1.165, 1.54) is 32.1 Å². The van der Waals surface area contributed by atoms with Crippen LogP contribution in [0.5, 0.6) is 0 Å². The molecule has 66 valence electrons. The molecule has 12 heavy (non-hydrogen) atoms. The van der Waals surface area contributed by atoms with Gasteiger partial charge >= 0.3 is 0 Å². The predicted octanol–water partition coefficient (Wildman–Crippen LogP) is 4.01. The summed E-state index contributed by atoms with van der Waals surface area (Å²) in [6, 6.07) is 0. The molecule has 0 saturated heterocycles. The maximum Gasteiger partial charge on any atom is -0.0166 e. The fraction of sp³-hybridized carbons (Fsp3) is 0.500. The van der Waals surface area contributed by atoms with Crippen molar-refractivity contribution in [3.8, 4) is 0 Å². The first-order valence-electron chi connectivity index (χ1n) is 4.97. The highest BCUT2D eigenvalue weighted by Crippen LogP contribution is 2.05. The molecule has 0 heteroatoms. The lowest BCUT2D eigenvalue weighted by Gasteiger charge is -1.95. The predicted molar refractivity (Wildman–Crippen MR) is 55.1 cm³/mol. The zero-order valence-electron chi connectivity index (χ0n) is 7.71. The van der Waals surface area contributed by atoms with Gasteiger partial charge in [-0.15, -0.1) is 0 Å². The first kappa shape index (κ1) is 9.31. The van der Waals surface area contributed by atoms with Gasteiger partial charge in [0.25, 0.3) is 0 Å². The van der Waals surface area contributed by atoms with Crippen molar-refractivity contribution in [3.63, 3.8) is 0 Å². The molecule has 0 N–H and O–H groups in total. The molecule has 0 aromatic rings. The van der Waals surface area contributed by atoms with Crippen LogP contribution < -0.4 is 0 Å². The summed E-state index contributed by atoms with van der Waals surface area (Å²) in [5.41, 5.74) is 0. The largest absolute Gasteiger partial charge is 0.0882 e. The van der Waals surface area contributed by atoms with Gasteiger partial charge in [-0.25, -0.2) is 0 Å². The lowest BCUT2D eigenvalue weighted by Crippen LogP contribution is -1.75. The second-order valence-corrected chi connectivity index (χ2v) is 3.20. The lowest BCUT2D eigenvalue weighted by atomic mass is 10.1. The van der Waals surface area contributed by atoms with Gasteiger partial charge in [0.15, 0.2) is 0 Å². The van der Waals surface area contributed by atoms with E-state index in [2.05, 4.69) is 36.5 Å². The van der Waals surface area contributed by atoms with E-state index in [-0.39, 0.29) is 0 Å². The third-order valence-electron chi connectivity index (χ3n) is 2.06. The SMILES string of the molecule is C1=CCCCCC/C=C\C/C=C/1. The second kappa shape index (κ2) is 6.90. The molecular weight excluding hydrogens is 144 g/mol. The van der Waals surface area contributed by atoms with Crippen molar-refractivity contribution >= 4 is 0 Å². The normalized spacial score (nSPS) is 25.3. The maximum atomic E-state index is 2.30. The monoisotopic (exact) mass is 162 g/mol.